The van der Waals surface area contributed by atoms with Gasteiger partial charge in [-0.2, -0.15) is 0 Å². The van der Waals surface area contributed by atoms with E-state index in [-0.39, 0.29) is 0 Å². The third-order valence-corrected chi connectivity index (χ3v) is 4.36. The first-order valence-electron chi connectivity index (χ1n) is 5.80. The number of aryl methyl sites for hydroxylation is 1. The van der Waals surface area contributed by atoms with Crippen LogP contribution in [0.4, 0.5) is 5.69 Å². The lowest BCUT2D eigenvalue weighted by Crippen LogP contribution is -2.42. The van der Waals surface area contributed by atoms with Gasteiger partial charge in [0.2, 0.25) is 0 Å². The van der Waals surface area contributed by atoms with Crippen molar-refractivity contribution in [2.24, 2.45) is 5.41 Å². The van der Waals surface area contributed by atoms with Crippen molar-refractivity contribution >= 4 is 5.69 Å². The molecule has 82 valence electrons. The highest BCUT2D eigenvalue weighted by atomic mass is 15.0. The Balaban J connectivity index is 2.55. The quantitative estimate of drug-likeness (QED) is 0.673. The summed E-state index contributed by atoms with van der Waals surface area (Å²) in [5.41, 5.74) is 4.51. The molecule has 2 atom stereocenters. The normalized spacial score (nSPS) is 28.1. The van der Waals surface area contributed by atoms with Gasteiger partial charge >= 0.3 is 0 Å². The van der Waals surface area contributed by atoms with Crippen LogP contribution in [0.3, 0.4) is 0 Å². The Morgan fingerprint density at radius 2 is 1.87 bits per heavy atom. The summed E-state index contributed by atoms with van der Waals surface area (Å²) in [7, 11) is 0. The molecule has 0 aliphatic carbocycles. The van der Waals surface area contributed by atoms with Crippen molar-refractivity contribution in [1.82, 2.24) is 0 Å². The van der Waals surface area contributed by atoms with Crippen molar-refractivity contribution in [3.63, 3.8) is 0 Å². The van der Waals surface area contributed by atoms with Crippen molar-refractivity contribution in [3.8, 4) is 0 Å². The summed E-state index contributed by atoms with van der Waals surface area (Å²) in [4.78, 5) is 0. The predicted molar refractivity (Wildman–Crippen MR) is 66.5 cm³/mol. The number of nitrogens with one attached hydrogen (secondary N) is 1. The fourth-order valence-electron chi connectivity index (χ4n) is 2.43. The van der Waals surface area contributed by atoms with E-state index in [4.69, 9.17) is 0 Å². The highest BCUT2D eigenvalue weighted by molar-refractivity contribution is 5.61. The Kier molecular flexibility index (Phi) is 2.29. The van der Waals surface area contributed by atoms with Crippen LogP contribution in [0, 0.1) is 12.3 Å². The van der Waals surface area contributed by atoms with Crippen LogP contribution in [0.25, 0.3) is 0 Å². The number of hydrogen-bond acceptors (Lipinski definition) is 1. The van der Waals surface area contributed by atoms with E-state index in [9.17, 15) is 0 Å². The maximum Gasteiger partial charge on any atom is 0.0407 e. The lowest BCUT2D eigenvalue weighted by atomic mass is 9.68. The SMILES string of the molecule is Cc1cccc2c1NC(C)C(C)(C)C2C. The van der Waals surface area contributed by atoms with Crippen LogP contribution in [-0.2, 0) is 0 Å². The molecule has 1 N–H and O–H groups in total. The van der Waals surface area contributed by atoms with Crippen LogP contribution in [0.5, 0.6) is 0 Å². The largest absolute Gasteiger partial charge is 0.382 e. The molecule has 1 nitrogen and oxygen atoms in total. The van der Waals surface area contributed by atoms with Crippen LogP contribution in [0.1, 0.15) is 44.7 Å². The standard InChI is InChI=1S/C14H21N/c1-9-7-6-8-12-10(2)14(4,5)11(3)15-13(9)12/h6-8,10-11,15H,1-5H3. The second kappa shape index (κ2) is 3.26. The van der Waals surface area contributed by atoms with Gasteiger partial charge in [-0.15, -0.1) is 0 Å². The molecule has 15 heavy (non-hydrogen) atoms. The molecule has 1 aliphatic rings. The van der Waals surface area contributed by atoms with Gasteiger partial charge in [0.1, 0.15) is 0 Å². The first-order valence-corrected chi connectivity index (χ1v) is 5.80. The highest BCUT2D eigenvalue weighted by Crippen LogP contribution is 2.46. The smallest absolute Gasteiger partial charge is 0.0407 e. The van der Waals surface area contributed by atoms with Gasteiger partial charge in [0.25, 0.3) is 0 Å². The highest BCUT2D eigenvalue weighted by Gasteiger charge is 2.38. The van der Waals surface area contributed by atoms with E-state index < -0.39 is 0 Å². The van der Waals surface area contributed by atoms with Crippen molar-refractivity contribution in [2.75, 3.05) is 5.32 Å². The number of rotatable bonds is 0. The molecule has 1 aliphatic heterocycles. The van der Waals surface area contributed by atoms with Crippen LogP contribution in [0.2, 0.25) is 0 Å². The summed E-state index contributed by atoms with van der Waals surface area (Å²) in [5, 5.41) is 3.65. The molecule has 1 aromatic carbocycles. The van der Waals surface area contributed by atoms with Gasteiger partial charge in [-0.25, -0.2) is 0 Å². The molecule has 0 aromatic heterocycles. The van der Waals surface area contributed by atoms with E-state index in [1.54, 1.807) is 0 Å². The molecule has 0 radical (unpaired) electrons. The molecule has 1 aromatic rings. The van der Waals surface area contributed by atoms with Crippen LogP contribution in [0.15, 0.2) is 18.2 Å². The van der Waals surface area contributed by atoms with Gasteiger partial charge in [0.05, 0.1) is 0 Å². The molecule has 1 heterocycles. The number of hydrogen-bond donors (Lipinski definition) is 1. The van der Waals surface area contributed by atoms with E-state index >= 15 is 0 Å². The maximum atomic E-state index is 3.65. The topological polar surface area (TPSA) is 12.0 Å². The third kappa shape index (κ3) is 1.45. The minimum atomic E-state index is 0.320. The Hall–Kier alpha value is -0.980. The van der Waals surface area contributed by atoms with Crippen molar-refractivity contribution in [3.05, 3.63) is 29.3 Å². The minimum Gasteiger partial charge on any atom is -0.382 e. The first-order chi connectivity index (χ1) is 6.94. The number of fused-ring (bicyclic) bond motifs is 1. The van der Waals surface area contributed by atoms with E-state index in [1.807, 2.05) is 0 Å². The van der Waals surface area contributed by atoms with Crippen molar-refractivity contribution < 1.29 is 0 Å². The zero-order chi connectivity index (χ0) is 11.2. The summed E-state index contributed by atoms with van der Waals surface area (Å²) < 4.78 is 0. The number of anilines is 1. The van der Waals surface area contributed by atoms with Crippen LogP contribution < -0.4 is 5.32 Å². The monoisotopic (exact) mass is 203 g/mol. The van der Waals surface area contributed by atoms with E-state index in [0.717, 1.165) is 0 Å². The molecule has 1 heteroatoms. The van der Waals surface area contributed by atoms with Gasteiger partial charge < -0.3 is 5.32 Å². The molecule has 2 rings (SSSR count). The third-order valence-electron chi connectivity index (χ3n) is 4.36. The predicted octanol–water partition coefficient (Wildman–Crippen LogP) is 3.94. The molecule has 0 saturated carbocycles. The Morgan fingerprint density at radius 1 is 1.20 bits per heavy atom. The molecule has 2 unspecified atom stereocenters. The molecular formula is C14H21N. The Labute approximate surface area is 92.9 Å². The average molecular weight is 203 g/mol. The summed E-state index contributed by atoms with van der Waals surface area (Å²) in [6.07, 6.45) is 0. The van der Waals surface area contributed by atoms with E-state index in [1.165, 1.54) is 16.8 Å². The first kappa shape index (κ1) is 10.5. The van der Waals surface area contributed by atoms with Gasteiger partial charge in [-0.3, -0.25) is 0 Å². The molecular weight excluding hydrogens is 182 g/mol. The Morgan fingerprint density at radius 3 is 2.53 bits per heavy atom. The minimum absolute atomic E-state index is 0.320. The number of benzene rings is 1. The zero-order valence-electron chi connectivity index (χ0n) is 10.4. The molecule has 0 saturated heterocycles. The second-order valence-corrected chi connectivity index (χ2v) is 5.45. The molecule has 0 bridgehead atoms. The van der Waals surface area contributed by atoms with Crippen LogP contribution >= 0.6 is 0 Å². The lowest BCUT2D eigenvalue weighted by molar-refractivity contribution is 0.252. The summed E-state index contributed by atoms with van der Waals surface area (Å²) in [6, 6.07) is 7.14. The summed E-state index contributed by atoms with van der Waals surface area (Å²) in [6.45, 7) is 11.5. The maximum absolute atomic E-state index is 3.65. The lowest BCUT2D eigenvalue weighted by Gasteiger charge is -2.44. The van der Waals surface area contributed by atoms with Crippen molar-refractivity contribution in [1.29, 1.82) is 0 Å². The zero-order valence-corrected chi connectivity index (χ0v) is 10.4. The van der Waals surface area contributed by atoms with Gasteiger partial charge in [0, 0.05) is 11.7 Å². The van der Waals surface area contributed by atoms with Crippen LogP contribution in [-0.4, -0.2) is 6.04 Å². The average Bonchev–Trinajstić information content (AvgIpc) is 2.18. The van der Waals surface area contributed by atoms with Gasteiger partial charge in [0.15, 0.2) is 0 Å². The van der Waals surface area contributed by atoms with Gasteiger partial charge in [-0.05, 0) is 36.3 Å². The van der Waals surface area contributed by atoms with E-state index in [2.05, 4.69) is 58.1 Å². The van der Waals surface area contributed by atoms with E-state index in [0.29, 0.717) is 17.4 Å². The van der Waals surface area contributed by atoms with Gasteiger partial charge in [-0.1, -0.05) is 39.0 Å². The second-order valence-electron chi connectivity index (χ2n) is 5.45. The summed E-state index contributed by atoms with van der Waals surface area (Å²) >= 11 is 0. The molecule has 0 spiro atoms. The fourth-order valence-corrected chi connectivity index (χ4v) is 2.43. The molecule has 0 fully saturated rings. The fraction of sp³-hybridized carbons (Fsp3) is 0.571. The molecule has 0 amide bonds. The number of para-hydroxylation sites is 1. The Bertz CT molecular complexity index is 379. The van der Waals surface area contributed by atoms with Crippen molar-refractivity contribution in [2.45, 2.75) is 46.6 Å². The summed E-state index contributed by atoms with van der Waals surface area (Å²) in [5.74, 6) is 0.614.